The number of unbranched alkanes of at least 4 members (excludes halogenated alkanes) is 8. The summed E-state index contributed by atoms with van der Waals surface area (Å²) in [6, 6.07) is 16.7. The fourth-order valence-electron chi connectivity index (χ4n) is 5.19. The minimum atomic E-state index is -0.542. The van der Waals surface area contributed by atoms with Gasteiger partial charge in [-0.2, -0.15) is 0 Å². The van der Waals surface area contributed by atoms with Crippen molar-refractivity contribution >= 4 is 24.0 Å². The van der Waals surface area contributed by atoms with Gasteiger partial charge in [-0.25, -0.2) is 5.84 Å². The van der Waals surface area contributed by atoms with Gasteiger partial charge in [-0.15, -0.1) is 0 Å². The van der Waals surface area contributed by atoms with Crippen LogP contribution in [0.1, 0.15) is 82.7 Å². The van der Waals surface area contributed by atoms with Crippen molar-refractivity contribution in [2.24, 2.45) is 11.6 Å². The van der Waals surface area contributed by atoms with Gasteiger partial charge in [0.05, 0.1) is 24.0 Å². The van der Waals surface area contributed by atoms with Crippen molar-refractivity contribution in [3.8, 4) is 5.75 Å². The summed E-state index contributed by atoms with van der Waals surface area (Å²) < 4.78 is 6.21. The zero-order valence-corrected chi connectivity index (χ0v) is 29.6. The third kappa shape index (κ3) is 17.3. The van der Waals surface area contributed by atoms with Crippen LogP contribution < -0.4 is 42.6 Å². The van der Waals surface area contributed by atoms with E-state index in [9.17, 15) is 4.79 Å². The van der Waals surface area contributed by atoms with E-state index in [1.165, 1.54) is 17.9 Å². The van der Waals surface area contributed by atoms with Crippen molar-refractivity contribution in [2.75, 3.05) is 44.8 Å². The van der Waals surface area contributed by atoms with Gasteiger partial charge in [0.15, 0.2) is 11.9 Å². The molecule has 0 aromatic heterocycles. The number of hydrogen-bond acceptors (Lipinski definition) is 7. The molecule has 49 heavy (non-hydrogen) atoms. The van der Waals surface area contributed by atoms with Gasteiger partial charge in [0, 0.05) is 45.0 Å². The maximum absolute atomic E-state index is 11.6. The molecule has 1 unspecified atom stereocenters. The smallest absolute Gasteiger partial charge is 0.209 e. The lowest BCUT2D eigenvalue weighted by molar-refractivity contribution is -0.118. The number of nitrogens with zero attached hydrogens (tertiary/aromatic N) is 2. The highest BCUT2D eigenvalue weighted by Gasteiger charge is 2.20. The number of hydrazine groups is 1. The monoisotopic (exact) mass is 676 g/mol. The van der Waals surface area contributed by atoms with E-state index in [4.69, 9.17) is 27.1 Å². The van der Waals surface area contributed by atoms with Gasteiger partial charge in [-0.05, 0) is 50.8 Å². The summed E-state index contributed by atoms with van der Waals surface area (Å²) in [5.74, 6) is 7.47. The Bertz CT molecular complexity index is 1270. The molecule has 0 fully saturated rings. The molecule has 1 amide bonds. The van der Waals surface area contributed by atoms with Gasteiger partial charge in [0.1, 0.15) is 5.75 Å². The molecule has 0 saturated carbocycles. The lowest BCUT2D eigenvalue weighted by Gasteiger charge is -2.25. The highest BCUT2D eigenvalue weighted by molar-refractivity contribution is 5.77. The maximum Gasteiger partial charge on any atom is 0.209 e. The van der Waals surface area contributed by atoms with E-state index in [2.05, 4.69) is 21.3 Å². The average molecular weight is 677 g/mol. The number of allylic oxidation sites excluding steroid dienone is 1. The molecule has 270 valence electrons. The lowest BCUT2D eigenvalue weighted by Crippen LogP contribution is -2.39. The number of carbonyl (C=O) groups is 1. The fourth-order valence-corrected chi connectivity index (χ4v) is 5.19. The Labute approximate surface area is 293 Å². The van der Waals surface area contributed by atoms with Gasteiger partial charge < -0.3 is 36.6 Å². The van der Waals surface area contributed by atoms with Gasteiger partial charge in [0.2, 0.25) is 6.41 Å². The number of rotatable bonds is 25. The van der Waals surface area contributed by atoms with Crippen molar-refractivity contribution in [3.05, 3.63) is 84.2 Å². The Morgan fingerprint density at radius 3 is 2.16 bits per heavy atom. The molecule has 0 aliphatic heterocycles. The third-order valence-corrected chi connectivity index (χ3v) is 8.00. The van der Waals surface area contributed by atoms with Crippen LogP contribution in [0.5, 0.6) is 5.75 Å². The number of anilines is 1. The van der Waals surface area contributed by atoms with Crippen LogP contribution in [0.15, 0.2) is 78.6 Å². The molecule has 10 N–H and O–H groups in total. The van der Waals surface area contributed by atoms with Crippen LogP contribution in [0.3, 0.4) is 0 Å². The Balaban J connectivity index is 1.68. The first-order valence-corrected chi connectivity index (χ1v) is 17.6. The zero-order valence-electron chi connectivity index (χ0n) is 29.6. The molecule has 2 aromatic rings. The summed E-state index contributed by atoms with van der Waals surface area (Å²) in [6.45, 7) is 5.60. The molecule has 0 radical (unpaired) electrons. The molecular weight excluding hydrogens is 616 g/mol. The molecule has 0 bridgehead atoms. The topological polar surface area (TPSA) is 181 Å². The van der Waals surface area contributed by atoms with E-state index >= 15 is 0 Å². The minimum absolute atomic E-state index is 0.121. The largest absolute Gasteiger partial charge is 0.493 e. The molecule has 2 aromatic carbocycles. The van der Waals surface area contributed by atoms with E-state index in [0.29, 0.717) is 30.6 Å². The van der Waals surface area contributed by atoms with E-state index < -0.39 is 6.04 Å². The van der Waals surface area contributed by atoms with Gasteiger partial charge in [-0.1, -0.05) is 87.1 Å². The first-order chi connectivity index (χ1) is 23.9. The first-order valence-electron chi connectivity index (χ1n) is 17.6. The van der Waals surface area contributed by atoms with E-state index in [-0.39, 0.29) is 5.96 Å². The second-order valence-corrected chi connectivity index (χ2v) is 11.9. The minimum Gasteiger partial charge on any atom is -0.493 e. The highest BCUT2D eigenvalue weighted by Crippen LogP contribution is 2.29. The number of nitrogens with two attached hydrogens (primary N) is 2. The summed E-state index contributed by atoms with van der Waals surface area (Å²) in [7, 11) is 1.67. The Hall–Kier alpha value is -4.71. The Morgan fingerprint density at radius 1 is 0.857 bits per heavy atom. The third-order valence-electron chi connectivity index (χ3n) is 8.00. The number of nitrogens with one attached hydrogen (secondary N) is 6. The molecule has 2 rings (SSSR count). The van der Waals surface area contributed by atoms with Crippen molar-refractivity contribution < 1.29 is 9.53 Å². The van der Waals surface area contributed by atoms with Crippen LogP contribution in [0.25, 0.3) is 0 Å². The molecule has 12 heteroatoms. The summed E-state index contributed by atoms with van der Waals surface area (Å²) in [6.07, 6.45) is 17.2. The molecule has 12 nitrogen and oxygen atoms in total. The van der Waals surface area contributed by atoms with E-state index in [1.807, 2.05) is 78.6 Å². The van der Waals surface area contributed by atoms with Crippen LogP contribution in [0.4, 0.5) is 5.69 Å². The standard InChI is InChI=1S/C37H60N10O2/c1-3-4-24-43-37(40)44-25-16-7-5-6-8-17-26-46(30-48)27-18-9-10-19-28-49-34-23-15-14-22-32(34)35(45-36(39)42-2)33(38)29-47(41)31-20-12-11-13-21-31/h3-4,11-15,20-23,29-30,35H,5-10,16-19,24-28,38,41H2,1-2H3,(H3,39,42,45)(H3,40,43,44)/b4-3+,33-29-. The summed E-state index contributed by atoms with van der Waals surface area (Å²) >= 11 is 0. The lowest BCUT2D eigenvalue weighted by atomic mass is 10.0. The summed E-state index contributed by atoms with van der Waals surface area (Å²) in [5.41, 5.74) is 8.57. The van der Waals surface area contributed by atoms with Crippen LogP contribution in [0.2, 0.25) is 0 Å². The van der Waals surface area contributed by atoms with Crippen LogP contribution in [0, 0.1) is 10.8 Å². The van der Waals surface area contributed by atoms with Gasteiger partial charge in [0.25, 0.3) is 0 Å². The van der Waals surface area contributed by atoms with Crippen molar-refractivity contribution in [1.29, 1.82) is 10.8 Å². The van der Waals surface area contributed by atoms with E-state index in [1.54, 1.807) is 13.2 Å². The number of para-hydroxylation sites is 2. The molecule has 0 spiro atoms. The predicted molar refractivity (Wildman–Crippen MR) is 202 cm³/mol. The molecule has 0 saturated heterocycles. The molecule has 0 heterocycles. The SMILES string of the molecule is C/C=C/CNC(=N)NCCCCCCCCN(C=O)CCCCCCOc1ccccc1C(NC(=N)NC)/C(N)=C/N(N)c1ccccc1. The molecule has 1 atom stereocenters. The number of amides is 1. The van der Waals surface area contributed by atoms with Crippen molar-refractivity contribution in [1.82, 2.24) is 26.2 Å². The average Bonchev–Trinajstić information content (AvgIpc) is 3.12. The number of ether oxygens (including phenoxy) is 1. The predicted octanol–water partition coefficient (Wildman–Crippen LogP) is 5.08. The molecule has 0 aliphatic carbocycles. The first kappa shape index (κ1) is 40.5. The van der Waals surface area contributed by atoms with Gasteiger partial charge in [-0.3, -0.25) is 20.6 Å². The van der Waals surface area contributed by atoms with Crippen molar-refractivity contribution in [3.63, 3.8) is 0 Å². The summed E-state index contributed by atoms with van der Waals surface area (Å²) in [5, 5.41) is 29.5. The van der Waals surface area contributed by atoms with Crippen LogP contribution >= 0.6 is 0 Å². The zero-order chi connectivity index (χ0) is 35.5. The fraction of sp³-hybridized carbons (Fsp3) is 0.486. The number of benzene rings is 2. The van der Waals surface area contributed by atoms with Gasteiger partial charge >= 0.3 is 0 Å². The highest BCUT2D eigenvalue weighted by atomic mass is 16.5. The quantitative estimate of drug-likeness (QED) is 0.0135. The number of carbonyl (C=O) groups excluding carboxylic acids is 1. The van der Waals surface area contributed by atoms with Crippen molar-refractivity contribution in [2.45, 2.75) is 77.2 Å². The Kier molecular flexibility index (Phi) is 20.9. The van der Waals surface area contributed by atoms with E-state index in [0.717, 1.165) is 88.7 Å². The van der Waals surface area contributed by atoms with Crippen LogP contribution in [-0.4, -0.2) is 63.1 Å². The second-order valence-electron chi connectivity index (χ2n) is 11.9. The number of guanidine groups is 2. The second kappa shape index (κ2) is 25.3. The molecular formula is C37H60N10O2. The maximum atomic E-state index is 11.6. The summed E-state index contributed by atoms with van der Waals surface area (Å²) in [4.78, 5) is 13.5. The van der Waals surface area contributed by atoms with Crippen LogP contribution in [-0.2, 0) is 4.79 Å². The Morgan fingerprint density at radius 2 is 1.49 bits per heavy atom. The normalized spacial score (nSPS) is 11.9. The molecule has 0 aliphatic rings. The number of hydrogen-bond donors (Lipinski definition) is 8.